The maximum atomic E-state index is 12.4. The van der Waals surface area contributed by atoms with E-state index in [-0.39, 0.29) is 0 Å². The lowest BCUT2D eigenvalue weighted by Gasteiger charge is -2.00. The first-order valence-electron chi connectivity index (χ1n) is 8.67. The van der Waals surface area contributed by atoms with Crippen LogP contribution in [0.25, 0.3) is 33.9 Å². The molecule has 0 saturated carbocycles. The molecule has 0 radical (unpaired) electrons. The molecule has 0 aliphatic heterocycles. The molecule has 140 valence electrons. The molecule has 0 unspecified atom stereocenters. The average molecular weight is 461 g/mol. The molecule has 0 spiro atoms. The lowest BCUT2D eigenvalue weighted by molar-refractivity contribution is 0.563. The molecular weight excluding hydrogens is 448 g/mol. The number of hydrogen-bond acceptors (Lipinski definition) is 5. The minimum Gasteiger partial charge on any atom is -0.422 e. The number of thiazole rings is 1. The van der Waals surface area contributed by atoms with Gasteiger partial charge in [-0.25, -0.2) is 9.78 Å². The minimum atomic E-state index is -0.455. The summed E-state index contributed by atoms with van der Waals surface area (Å²) in [6.45, 7) is 0. The second-order valence-electron chi connectivity index (χ2n) is 6.13. The Morgan fingerprint density at radius 3 is 2.79 bits per heavy atom. The molecule has 0 amide bonds. The van der Waals surface area contributed by atoms with Gasteiger partial charge in [0.15, 0.2) is 0 Å². The zero-order chi connectivity index (χ0) is 20.2. The second kappa shape index (κ2) is 8.39. The van der Waals surface area contributed by atoms with E-state index < -0.39 is 5.63 Å². The highest BCUT2D eigenvalue weighted by Gasteiger charge is 2.13. The van der Waals surface area contributed by atoms with Crippen LogP contribution in [-0.2, 0) is 0 Å². The van der Waals surface area contributed by atoms with E-state index in [2.05, 4.69) is 27.0 Å². The van der Waals surface area contributed by atoms with Crippen LogP contribution in [0.2, 0.25) is 0 Å². The van der Waals surface area contributed by atoms with Crippen LogP contribution in [0.3, 0.4) is 0 Å². The first-order valence-corrected chi connectivity index (χ1v) is 10.3. The van der Waals surface area contributed by atoms with Gasteiger partial charge in [-0.2, -0.15) is 5.26 Å². The van der Waals surface area contributed by atoms with Crippen molar-refractivity contribution in [3.05, 3.63) is 97.6 Å². The quantitative estimate of drug-likeness (QED) is 0.203. The van der Waals surface area contributed by atoms with Crippen molar-refractivity contribution in [2.75, 3.05) is 0 Å². The van der Waals surface area contributed by atoms with E-state index in [0.29, 0.717) is 27.4 Å². The van der Waals surface area contributed by atoms with E-state index in [1.807, 2.05) is 54.6 Å². The highest BCUT2D eigenvalue weighted by atomic mass is 79.9. The number of nitrogens with zero attached hydrogens (tertiary/aromatic N) is 2. The molecule has 4 rings (SSSR count). The number of benzene rings is 2. The topological polar surface area (TPSA) is 66.9 Å². The molecule has 0 bridgehead atoms. The molecule has 2 aromatic carbocycles. The second-order valence-corrected chi connectivity index (χ2v) is 7.90. The Morgan fingerprint density at radius 1 is 1.17 bits per heavy atom. The smallest absolute Gasteiger partial charge is 0.345 e. The average Bonchev–Trinajstić information content (AvgIpc) is 3.21. The number of halogens is 1. The van der Waals surface area contributed by atoms with Gasteiger partial charge in [-0.05, 0) is 35.9 Å². The van der Waals surface area contributed by atoms with Crippen molar-refractivity contribution in [2.45, 2.75) is 0 Å². The summed E-state index contributed by atoms with van der Waals surface area (Å²) in [4.78, 5) is 16.9. The summed E-state index contributed by atoms with van der Waals surface area (Å²) >= 11 is 4.74. The van der Waals surface area contributed by atoms with Gasteiger partial charge in [0.1, 0.15) is 16.7 Å². The first-order chi connectivity index (χ1) is 14.1. The van der Waals surface area contributed by atoms with E-state index >= 15 is 0 Å². The largest absolute Gasteiger partial charge is 0.422 e. The van der Waals surface area contributed by atoms with Gasteiger partial charge in [-0.15, -0.1) is 11.3 Å². The van der Waals surface area contributed by atoms with E-state index in [1.165, 1.54) is 11.3 Å². The Hall–Kier alpha value is -3.27. The van der Waals surface area contributed by atoms with Crippen LogP contribution < -0.4 is 5.63 Å². The Labute approximate surface area is 179 Å². The highest BCUT2D eigenvalue weighted by Crippen LogP contribution is 2.27. The third-order valence-electron chi connectivity index (χ3n) is 4.18. The van der Waals surface area contributed by atoms with Crippen LogP contribution in [0, 0.1) is 11.3 Å². The molecular formula is C23H13BrN2O2S. The molecule has 0 atom stereocenters. The van der Waals surface area contributed by atoms with E-state index in [4.69, 9.17) is 4.42 Å². The molecule has 4 nitrogen and oxygen atoms in total. The maximum absolute atomic E-state index is 12.4. The van der Waals surface area contributed by atoms with Crippen molar-refractivity contribution in [2.24, 2.45) is 0 Å². The lowest BCUT2D eigenvalue weighted by atomic mass is 10.1. The zero-order valence-corrected chi connectivity index (χ0v) is 17.4. The van der Waals surface area contributed by atoms with Crippen molar-refractivity contribution in [3.63, 3.8) is 0 Å². The van der Waals surface area contributed by atoms with Crippen LogP contribution in [0.1, 0.15) is 10.6 Å². The third kappa shape index (κ3) is 4.27. The Morgan fingerprint density at radius 2 is 2.00 bits per heavy atom. The number of rotatable bonds is 4. The summed E-state index contributed by atoms with van der Waals surface area (Å²) in [6.07, 6.45) is 5.45. The van der Waals surface area contributed by atoms with Crippen LogP contribution in [0.15, 0.2) is 85.8 Å². The molecule has 4 aromatic rings. The van der Waals surface area contributed by atoms with Crippen LogP contribution in [-0.4, -0.2) is 4.98 Å². The number of aromatic nitrogens is 1. The van der Waals surface area contributed by atoms with Crippen LogP contribution in [0.5, 0.6) is 0 Å². The molecule has 29 heavy (non-hydrogen) atoms. The first kappa shape index (κ1) is 19.1. The summed E-state index contributed by atoms with van der Waals surface area (Å²) in [7, 11) is 0. The Kier molecular flexibility index (Phi) is 5.52. The maximum Gasteiger partial charge on any atom is 0.345 e. The van der Waals surface area contributed by atoms with Crippen LogP contribution in [0.4, 0.5) is 0 Å². The number of fused-ring (bicyclic) bond motifs is 1. The number of hydrogen-bond donors (Lipinski definition) is 0. The zero-order valence-electron chi connectivity index (χ0n) is 15.0. The summed E-state index contributed by atoms with van der Waals surface area (Å²) < 4.78 is 6.30. The van der Waals surface area contributed by atoms with E-state index in [9.17, 15) is 10.1 Å². The van der Waals surface area contributed by atoms with Gasteiger partial charge in [0.2, 0.25) is 0 Å². The van der Waals surface area contributed by atoms with Gasteiger partial charge in [-0.1, -0.05) is 58.4 Å². The number of allylic oxidation sites excluding steroid dienone is 3. The number of nitriles is 1. The summed E-state index contributed by atoms with van der Waals surface area (Å²) in [5, 5.41) is 12.6. The molecule has 2 heterocycles. The fourth-order valence-corrected chi connectivity index (χ4v) is 3.94. The normalized spacial score (nSPS) is 11.8. The van der Waals surface area contributed by atoms with Crippen LogP contribution >= 0.6 is 27.3 Å². The Bertz CT molecular complexity index is 1340. The Balaban J connectivity index is 1.67. The molecule has 0 saturated heterocycles. The van der Waals surface area contributed by atoms with Gasteiger partial charge in [0, 0.05) is 15.2 Å². The standard InChI is InChI=1S/C23H13BrN2O2S/c24-18-9-10-21-17(11-18)12-19(23(27)28-21)20-14-29-22(26-20)16(13-25)8-4-7-15-5-2-1-3-6-15/h1-12,14H. The van der Waals surface area contributed by atoms with Crippen molar-refractivity contribution in [3.8, 4) is 17.3 Å². The molecule has 6 heteroatoms. The predicted molar refractivity (Wildman–Crippen MR) is 120 cm³/mol. The van der Waals surface area contributed by atoms with Crippen molar-refractivity contribution < 1.29 is 4.42 Å². The van der Waals surface area contributed by atoms with Gasteiger partial charge in [0.25, 0.3) is 0 Å². The lowest BCUT2D eigenvalue weighted by Crippen LogP contribution is -2.02. The molecule has 0 fully saturated rings. The van der Waals surface area contributed by atoms with Crippen molar-refractivity contribution in [1.82, 2.24) is 4.98 Å². The fraction of sp³-hybridized carbons (Fsp3) is 0. The SMILES string of the molecule is N#CC(=CC=Cc1ccccc1)c1nc(-c2cc3cc(Br)ccc3oc2=O)cs1. The van der Waals surface area contributed by atoms with E-state index in [0.717, 1.165) is 15.4 Å². The van der Waals surface area contributed by atoms with Gasteiger partial charge in [-0.3, -0.25) is 0 Å². The molecule has 0 aliphatic rings. The summed E-state index contributed by atoms with van der Waals surface area (Å²) in [5.41, 5.74) is 2.40. The summed E-state index contributed by atoms with van der Waals surface area (Å²) in [6, 6.07) is 19.2. The van der Waals surface area contributed by atoms with E-state index in [1.54, 1.807) is 23.6 Å². The fourth-order valence-electron chi connectivity index (χ4n) is 2.77. The highest BCUT2D eigenvalue weighted by molar-refractivity contribution is 9.10. The predicted octanol–water partition coefficient (Wildman–Crippen LogP) is 6.30. The third-order valence-corrected chi connectivity index (χ3v) is 5.55. The summed E-state index contributed by atoms with van der Waals surface area (Å²) in [5.74, 6) is 0. The monoisotopic (exact) mass is 460 g/mol. The van der Waals surface area contributed by atoms with Crippen molar-refractivity contribution in [1.29, 1.82) is 5.26 Å². The molecule has 0 aliphatic carbocycles. The minimum absolute atomic E-state index is 0.371. The van der Waals surface area contributed by atoms with Gasteiger partial charge in [0.05, 0.1) is 16.8 Å². The molecule has 2 aromatic heterocycles. The van der Waals surface area contributed by atoms with Crippen molar-refractivity contribution >= 4 is 49.9 Å². The van der Waals surface area contributed by atoms with Gasteiger partial charge < -0.3 is 4.42 Å². The van der Waals surface area contributed by atoms with Gasteiger partial charge >= 0.3 is 5.63 Å². The molecule has 0 N–H and O–H groups in total.